The average Bonchev–Trinajstić information content (AvgIpc) is 2.31. The predicted molar refractivity (Wildman–Crippen MR) is 65.8 cm³/mol. The summed E-state index contributed by atoms with van der Waals surface area (Å²) in [4.78, 5) is 4.03. The number of rotatable bonds is 7. The van der Waals surface area contributed by atoms with Gasteiger partial charge in [0.05, 0.1) is 25.1 Å². The van der Waals surface area contributed by atoms with Crippen molar-refractivity contribution >= 4 is 14.0 Å². The van der Waals surface area contributed by atoms with Gasteiger partial charge in [-0.15, -0.1) is 0 Å². The molecule has 0 aliphatic rings. The third-order valence-electron chi connectivity index (χ3n) is 1.66. The SMILES string of the molecule is CCOP(=O)(N/N=C/c1ccccn1)OCC. The largest absolute Gasteiger partial charge is 0.448 e. The van der Waals surface area contributed by atoms with E-state index in [4.69, 9.17) is 9.05 Å². The molecule has 0 saturated carbocycles. The van der Waals surface area contributed by atoms with E-state index in [1.54, 1.807) is 32.2 Å². The molecule has 94 valence electrons. The zero-order chi connectivity index (χ0) is 12.6. The van der Waals surface area contributed by atoms with Gasteiger partial charge in [0, 0.05) is 6.20 Å². The molecule has 1 rings (SSSR count). The van der Waals surface area contributed by atoms with Crippen molar-refractivity contribution in [3.05, 3.63) is 30.1 Å². The van der Waals surface area contributed by atoms with Crippen LogP contribution in [0.5, 0.6) is 0 Å². The van der Waals surface area contributed by atoms with Gasteiger partial charge in [0.2, 0.25) is 0 Å². The molecule has 0 atom stereocenters. The fraction of sp³-hybridized carbons (Fsp3) is 0.400. The van der Waals surface area contributed by atoms with Gasteiger partial charge in [-0.1, -0.05) is 6.07 Å². The monoisotopic (exact) mass is 257 g/mol. The topological polar surface area (TPSA) is 72.8 Å². The molecule has 0 unspecified atom stereocenters. The van der Waals surface area contributed by atoms with Crippen molar-refractivity contribution in [1.29, 1.82) is 0 Å². The van der Waals surface area contributed by atoms with Crippen LogP contribution in [-0.2, 0) is 13.6 Å². The molecule has 1 aromatic heterocycles. The Morgan fingerprint density at radius 1 is 1.41 bits per heavy atom. The minimum absolute atomic E-state index is 0.281. The Labute approximate surface area is 101 Å². The van der Waals surface area contributed by atoms with E-state index in [0.29, 0.717) is 5.69 Å². The molecule has 0 spiro atoms. The first-order valence-electron chi connectivity index (χ1n) is 5.30. The van der Waals surface area contributed by atoms with Crippen LogP contribution in [0.3, 0.4) is 0 Å². The van der Waals surface area contributed by atoms with Crippen molar-refractivity contribution in [2.75, 3.05) is 13.2 Å². The Bertz CT molecular complexity index is 387. The molecule has 0 radical (unpaired) electrons. The van der Waals surface area contributed by atoms with Gasteiger partial charge in [-0.05, 0) is 26.0 Å². The van der Waals surface area contributed by atoms with E-state index in [1.807, 2.05) is 6.07 Å². The second-order valence-corrected chi connectivity index (χ2v) is 4.66. The lowest BCUT2D eigenvalue weighted by molar-refractivity contribution is 0.211. The molecule has 0 bridgehead atoms. The summed E-state index contributed by atoms with van der Waals surface area (Å²) < 4.78 is 21.9. The molecular formula is C10H16N3O3P. The first-order chi connectivity index (χ1) is 8.20. The highest BCUT2D eigenvalue weighted by molar-refractivity contribution is 7.51. The van der Waals surface area contributed by atoms with E-state index in [1.165, 1.54) is 6.21 Å². The number of hydrazone groups is 1. The van der Waals surface area contributed by atoms with Gasteiger partial charge < -0.3 is 0 Å². The Hall–Kier alpha value is -1.23. The number of nitrogens with zero attached hydrogens (tertiary/aromatic N) is 2. The number of hydrogen-bond acceptors (Lipinski definition) is 5. The quantitative estimate of drug-likeness (QED) is 0.460. The van der Waals surface area contributed by atoms with E-state index in [9.17, 15) is 4.57 Å². The molecule has 0 aliphatic heterocycles. The Balaban J connectivity index is 2.58. The minimum atomic E-state index is -3.33. The van der Waals surface area contributed by atoms with Crippen LogP contribution in [0.25, 0.3) is 0 Å². The van der Waals surface area contributed by atoms with Crippen molar-refractivity contribution in [3.63, 3.8) is 0 Å². The van der Waals surface area contributed by atoms with Crippen molar-refractivity contribution in [3.8, 4) is 0 Å². The van der Waals surface area contributed by atoms with Gasteiger partial charge in [-0.3, -0.25) is 14.0 Å². The molecule has 1 heterocycles. The first kappa shape index (κ1) is 13.8. The molecule has 0 aliphatic carbocycles. The number of aromatic nitrogens is 1. The van der Waals surface area contributed by atoms with Gasteiger partial charge in [-0.2, -0.15) is 5.10 Å². The van der Waals surface area contributed by atoms with Crippen molar-refractivity contribution in [2.24, 2.45) is 5.10 Å². The van der Waals surface area contributed by atoms with E-state index in [-0.39, 0.29) is 13.2 Å². The summed E-state index contributed by atoms with van der Waals surface area (Å²) in [5.41, 5.74) is 0.652. The molecule has 0 fully saturated rings. The van der Waals surface area contributed by atoms with Crippen molar-refractivity contribution in [2.45, 2.75) is 13.8 Å². The smallest absolute Gasteiger partial charge is 0.292 e. The molecule has 1 aromatic rings. The van der Waals surface area contributed by atoms with Crippen LogP contribution in [-0.4, -0.2) is 24.4 Å². The van der Waals surface area contributed by atoms with Crippen molar-refractivity contribution in [1.82, 2.24) is 10.2 Å². The third-order valence-corrected chi connectivity index (χ3v) is 3.22. The molecule has 0 amide bonds. The zero-order valence-corrected chi connectivity index (χ0v) is 10.8. The Kier molecular flexibility index (Phi) is 5.83. The number of pyridine rings is 1. The van der Waals surface area contributed by atoms with Gasteiger partial charge in [-0.25, -0.2) is 9.76 Å². The summed E-state index contributed by atoms with van der Waals surface area (Å²) in [6.45, 7) is 4.03. The zero-order valence-electron chi connectivity index (χ0n) is 9.87. The standard InChI is InChI=1S/C10H16N3O3P/c1-3-15-17(14,16-4-2)13-12-9-10-7-5-6-8-11-10/h5-9H,3-4H2,1-2H3,(H,13,14)/b12-9+. The van der Waals surface area contributed by atoms with Gasteiger partial charge in [0.15, 0.2) is 0 Å². The fourth-order valence-electron chi connectivity index (χ4n) is 1.05. The summed E-state index contributed by atoms with van der Waals surface area (Å²) in [7, 11) is -3.33. The van der Waals surface area contributed by atoms with Crippen LogP contribution in [0.1, 0.15) is 19.5 Å². The Morgan fingerprint density at radius 3 is 2.65 bits per heavy atom. The van der Waals surface area contributed by atoms with Gasteiger partial charge in [0.1, 0.15) is 0 Å². The Morgan fingerprint density at radius 2 is 2.12 bits per heavy atom. The maximum Gasteiger partial charge on any atom is 0.448 e. The predicted octanol–water partition coefficient (Wildman–Crippen LogP) is 2.19. The van der Waals surface area contributed by atoms with E-state index in [0.717, 1.165) is 0 Å². The maximum absolute atomic E-state index is 11.9. The number of nitrogens with one attached hydrogen (secondary N) is 1. The normalized spacial score (nSPS) is 11.9. The maximum atomic E-state index is 11.9. The number of hydrogen-bond donors (Lipinski definition) is 1. The van der Waals surface area contributed by atoms with Gasteiger partial charge >= 0.3 is 7.75 Å². The summed E-state index contributed by atoms with van der Waals surface area (Å²) >= 11 is 0. The van der Waals surface area contributed by atoms with E-state index >= 15 is 0 Å². The van der Waals surface area contributed by atoms with Crippen LogP contribution in [0.4, 0.5) is 0 Å². The fourth-order valence-corrected chi connectivity index (χ4v) is 2.12. The van der Waals surface area contributed by atoms with Crippen LogP contribution < -0.4 is 5.20 Å². The van der Waals surface area contributed by atoms with Crippen molar-refractivity contribution < 1.29 is 13.6 Å². The van der Waals surface area contributed by atoms with Crippen LogP contribution in [0.15, 0.2) is 29.5 Å². The lowest BCUT2D eigenvalue weighted by atomic mass is 10.4. The van der Waals surface area contributed by atoms with Crippen LogP contribution >= 0.6 is 7.75 Å². The van der Waals surface area contributed by atoms with E-state index < -0.39 is 7.75 Å². The molecule has 7 heteroatoms. The highest BCUT2D eigenvalue weighted by atomic mass is 31.2. The first-order valence-corrected chi connectivity index (χ1v) is 6.85. The lowest BCUT2D eigenvalue weighted by Gasteiger charge is -2.14. The molecule has 17 heavy (non-hydrogen) atoms. The second-order valence-electron chi connectivity index (χ2n) is 2.95. The second kappa shape index (κ2) is 7.17. The highest BCUT2D eigenvalue weighted by Gasteiger charge is 2.22. The third kappa shape index (κ3) is 5.08. The average molecular weight is 257 g/mol. The van der Waals surface area contributed by atoms with Crippen LogP contribution in [0, 0.1) is 0 Å². The molecule has 0 saturated heterocycles. The molecular weight excluding hydrogens is 241 g/mol. The molecule has 0 aromatic carbocycles. The van der Waals surface area contributed by atoms with Crippen LogP contribution in [0.2, 0.25) is 0 Å². The van der Waals surface area contributed by atoms with E-state index in [2.05, 4.69) is 15.3 Å². The molecule has 1 N–H and O–H groups in total. The summed E-state index contributed by atoms with van der Waals surface area (Å²) in [6.07, 6.45) is 3.09. The minimum Gasteiger partial charge on any atom is -0.292 e. The summed E-state index contributed by atoms with van der Waals surface area (Å²) in [5, 5.41) is 6.19. The lowest BCUT2D eigenvalue weighted by Crippen LogP contribution is -2.09. The molecule has 6 nitrogen and oxygen atoms in total. The van der Waals surface area contributed by atoms with Gasteiger partial charge in [0.25, 0.3) is 0 Å². The summed E-state index contributed by atoms with van der Waals surface area (Å²) in [5.74, 6) is 0. The highest BCUT2D eigenvalue weighted by Crippen LogP contribution is 2.43. The summed E-state index contributed by atoms with van der Waals surface area (Å²) in [6, 6.07) is 5.41.